The molecule has 0 heterocycles. The maximum absolute atomic E-state index is 10.4. The number of hydrogen-bond donors (Lipinski definition) is 2. The third kappa shape index (κ3) is 4.56. The van der Waals surface area contributed by atoms with Crippen LogP contribution in [0, 0.1) is 11.3 Å². The van der Waals surface area contributed by atoms with Crippen molar-refractivity contribution in [2.45, 2.75) is 20.8 Å². The number of rotatable bonds is 2. The Hall–Kier alpha value is 0.576. The summed E-state index contributed by atoms with van der Waals surface area (Å²) in [5.41, 5.74) is -0.738. The van der Waals surface area contributed by atoms with Crippen LogP contribution >= 0.6 is 0 Å². The Bertz CT molecular complexity index is 168. The summed E-state index contributed by atoms with van der Waals surface area (Å²) in [6.45, 7) is 4.75. The minimum atomic E-state index is -1.33. The topological polar surface area (TPSA) is 74.6 Å². The molecule has 0 radical (unpaired) electrons. The number of hydrogen-bond acceptors (Lipinski definition) is 2. The molecule has 0 unspecified atom stereocenters. The zero-order chi connectivity index (χ0) is 9.23. The van der Waals surface area contributed by atoms with Gasteiger partial charge in [-0.05, 0) is 5.41 Å². The van der Waals surface area contributed by atoms with Crippen molar-refractivity contribution in [3.05, 3.63) is 0 Å². The Morgan fingerprint density at radius 2 is 1.33 bits per heavy atom. The molecule has 0 aliphatic heterocycles. The molecule has 5 heteroatoms. The Labute approximate surface area is 114 Å². The van der Waals surface area contributed by atoms with Gasteiger partial charge in [-0.2, -0.15) is 0 Å². The molecule has 0 rings (SSSR count). The fraction of sp³-hybridized carbons (Fsp3) is 0.714. The third-order valence-corrected chi connectivity index (χ3v) is 1.36. The van der Waals surface area contributed by atoms with E-state index >= 15 is 0 Å². The van der Waals surface area contributed by atoms with E-state index in [1.165, 1.54) is 0 Å². The van der Waals surface area contributed by atoms with Gasteiger partial charge in [0, 0.05) is 0 Å². The van der Waals surface area contributed by atoms with Crippen LogP contribution in [0.2, 0.25) is 0 Å². The van der Waals surface area contributed by atoms with Gasteiger partial charge in [-0.3, -0.25) is 9.59 Å². The van der Waals surface area contributed by atoms with Gasteiger partial charge in [0.2, 0.25) is 0 Å². The average molecular weight is 200 g/mol. The first-order valence-electron chi connectivity index (χ1n) is 3.22. The van der Waals surface area contributed by atoms with E-state index < -0.39 is 23.3 Å². The molecular formula is C7H13KO4. The van der Waals surface area contributed by atoms with Crippen LogP contribution in [0.15, 0.2) is 0 Å². The van der Waals surface area contributed by atoms with Crippen molar-refractivity contribution in [1.82, 2.24) is 0 Å². The zero-order valence-electron chi connectivity index (χ0n) is 6.79. The molecule has 0 saturated heterocycles. The summed E-state index contributed by atoms with van der Waals surface area (Å²) in [5, 5.41) is 17.0. The van der Waals surface area contributed by atoms with Crippen molar-refractivity contribution in [2.75, 3.05) is 0 Å². The summed E-state index contributed by atoms with van der Waals surface area (Å²) in [4.78, 5) is 20.8. The summed E-state index contributed by atoms with van der Waals surface area (Å²) in [7, 11) is 0. The van der Waals surface area contributed by atoms with Crippen molar-refractivity contribution in [3.63, 3.8) is 0 Å². The number of carboxylic acids is 2. The molecule has 2 N–H and O–H groups in total. The second-order valence-corrected chi connectivity index (χ2v) is 3.48. The first kappa shape index (κ1) is 15.1. The van der Waals surface area contributed by atoms with Crippen LogP contribution in [0.3, 0.4) is 0 Å². The zero-order valence-corrected chi connectivity index (χ0v) is 6.79. The van der Waals surface area contributed by atoms with Gasteiger partial charge in [0.05, 0.1) is 0 Å². The van der Waals surface area contributed by atoms with E-state index in [4.69, 9.17) is 10.2 Å². The van der Waals surface area contributed by atoms with Gasteiger partial charge in [-0.15, -0.1) is 0 Å². The van der Waals surface area contributed by atoms with Gasteiger partial charge in [-0.1, -0.05) is 20.8 Å². The van der Waals surface area contributed by atoms with Gasteiger partial charge in [0.1, 0.15) is 0 Å². The predicted octanol–water partition coefficient (Wildman–Crippen LogP) is 0.169. The molecule has 0 bridgehead atoms. The second kappa shape index (κ2) is 5.34. The molecule has 0 fully saturated rings. The molecule has 0 aromatic carbocycles. The van der Waals surface area contributed by atoms with Gasteiger partial charge in [0.15, 0.2) is 5.92 Å². The first-order chi connectivity index (χ1) is 4.76. The first-order valence-corrected chi connectivity index (χ1v) is 3.22. The summed E-state index contributed by atoms with van der Waals surface area (Å²) in [6, 6.07) is 0. The van der Waals surface area contributed by atoms with Crippen LogP contribution in [0.25, 0.3) is 0 Å². The van der Waals surface area contributed by atoms with Crippen molar-refractivity contribution in [2.24, 2.45) is 11.3 Å². The van der Waals surface area contributed by atoms with Crippen LogP contribution in [0.4, 0.5) is 0 Å². The SMILES string of the molecule is CC(C)(C)C(C(=O)O)C(=O)O.[KH]. The molecule has 12 heavy (non-hydrogen) atoms. The van der Waals surface area contributed by atoms with Crippen LogP contribution in [-0.4, -0.2) is 73.5 Å². The standard InChI is InChI=1S/C7H12O4.K.H/c1-7(2,3)4(5(8)9)6(10)11;;/h4H,1-3H3,(H,8,9)(H,10,11);;. The van der Waals surface area contributed by atoms with E-state index in [-0.39, 0.29) is 51.4 Å². The molecule has 0 aromatic rings. The van der Waals surface area contributed by atoms with E-state index in [1.54, 1.807) is 20.8 Å². The normalized spacial score (nSPS) is 10.7. The molecule has 0 amide bonds. The van der Waals surface area contributed by atoms with Gasteiger partial charge >= 0.3 is 63.3 Å². The molecule has 0 aliphatic carbocycles. The van der Waals surface area contributed by atoms with Crippen LogP contribution in [0.5, 0.6) is 0 Å². The number of carboxylic acid groups (broad SMARTS) is 2. The molecule has 4 nitrogen and oxygen atoms in total. The predicted molar refractivity (Wildman–Crippen MR) is 45.4 cm³/mol. The van der Waals surface area contributed by atoms with E-state index in [0.29, 0.717) is 0 Å². The Morgan fingerprint density at radius 1 is 1.08 bits per heavy atom. The van der Waals surface area contributed by atoms with Crippen LogP contribution in [0.1, 0.15) is 20.8 Å². The number of carbonyl (C=O) groups is 2. The van der Waals surface area contributed by atoms with Gasteiger partial charge in [0.25, 0.3) is 0 Å². The fourth-order valence-corrected chi connectivity index (χ4v) is 0.846. The number of aliphatic carboxylic acids is 2. The van der Waals surface area contributed by atoms with E-state index in [1.807, 2.05) is 0 Å². The molecule has 0 aromatic heterocycles. The molecule has 0 atom stereocenters. The van der Waals surface area contributed by atoms with Crippen molar-refractivity contribution in [1.29, 1.82) is 0 Å². The quantitative estimate of drug-likeness (QED) is 0.492. The summed E-state index contributed by atoms with van der Waals surface area (Å²) in [5.74, 6) is -3.91. The van der Waals surface area contributed by atoms with Crippen molar-refractivity contribution in [3.8, 4) is 0 Å². The van der Waals surface area contributed by atoms with E-state index in [2.05, 4.69) is 0 Å². The van der Waals surface area contributed by atoms with Gasteiger partial charge < -0.3 is 10.2 Å². The maximum atomic E-state index is 10.4. The summed E-state index contributed by atoms with van der Waals surface area (Å²) < 4.78 is 0. The molecule has 0 spiro atoms. The van der Waals surface area contributed by atoms with Crippen LogP contribution in [-0.2, 0) is 9.59 Å². The average Bonchev–Trinajstić information content (AvgIpc) is 1.54. The van der Waals surface area contributed by atoms with Crippen molar-refractivity contribution < 1.29 is 19.8 Å². The third-order valence-electron chi connectivity index (χ3n) is 1.36. The van der Waals surface area contributed by atoms with E-state index in [0.717, 1.165) is 0 Å². The molecule has 0 aliphatic rings. The summed E-state index contributed by atoms with van der Waals surface area (Å²) >= 11 is 0. The Morgan fingerprint density at radius 3 is 1.33 bits per heavy atom. The Balaban J connectivity index is 0. The van der Waals surface area contributed by atoms with Crippen molar-refractivity contribution >= 4 is 63.3 Å². The molecule has 0 saturated carbocycles. The monoisotopic (exact) mass is 200 g/mol. The van der Waals surface area contributed by atoms with Gasteiger partial charge in [-0.25, -0.2) is 0 Å². The van der Waals surface area contributed by atoms with Crippen LogP contribution < -0.4 is 0 Å². The second-order valence-electron chi connectivity index (χ2n) is 3.48. The minimum absolute atomic E-state index is 0. The Kier molecular flexibility index (Phi) is 6.70. The molecular weight excluding hydrogens is 187 g/mol. The summed E-state index contributed by atoms with van der Waals surface area (Å²) in [6.07, 6.45) is 0. The fourth-order valence-electron chi connectivity index (χ4n) is 0.846. The van der Waals surface area contributed by atoms with E-state index in [9.17, 15) is 9.59 Å². The molecule has 66 valence electrons.